The Balaban J connectivity index is 1.89. The Labute approximate surface area is 134 Å². The van der Waals surface area contributed by atoms with Crippen LogP contribution in [0.4, 0.5) is 0 Å². The molecule has 0 spiro atoms. The number of benzene rings is 1. The average Bonchev–Trinajstić information content (AvgIpc) is 2.83. The van der Waals surface area contributed by atoms with Gasteiger partial charge in [0.05, 0.1) is 10.2 Å². The Bertz CT molecular complexity index is 581. The fourth-order valence-electron chi connectivity index (χ4n) is 1.97. The second-order valence-electron chi connectivity index (χ2n) is 5.56. The third-order valence-corrected chi connectivity index (χ3v) is 3.64. The molecule has 5 heteroatoms. The maximum absolute atomic E-state index is 5.79. The largest absolute Gasteiger partial charge is 0.486 e. The molecule has 1 aromatic carbocycles. The fourth-order valence-corrected chi connectivity index (χ4v) is 2.51. The number of aromatic nitrogens is 2. The number of hydrogen-bond donors (Lipinski definition) is 1. The summed E-state index contributed by atoms with van der Waals surface area (Å²) in [5.41, 5.74) is 2.17. The monoisotopic (exact) mass is 351 g/mol. The molecule has 1 N–H and O–H groups in total. The molecule has 0 aliphatic carbocycles. The van der Waals surface area contributed by atoms with E-state index in [1.165, 1.54) is 5.56 Å². The predicted molar refractivity (Wildman–Crippen MR) is 88.2 cm³/mol. The number of halogens is 1. The zero-order valence-electron chi connectivity index (χ0n) is 12.8. The van der Waals surface area contributed by atoms with Crippen LogP contribution < -0.4 is 10.1 Å². The second-order valence-corrected chi connectivity index (χ2v) is 6.41. The van der Waals surface area contributed by atoms with Crippen LogP contribution in [0.2, 0.25) is 0 Å². The van der Waals surface area contributed by atoms with Gasteiger partial charge in [-0.15, -0.1) is 0 Å². The molecule has 2 rings (SSSR count). The van der Waals surface area contributed by atoms with Crippen LogP contribution >= 0.6 is 15.9 Å². The van der Waals surface area contributed by atoms with Gasteiger partial charge >= 0.3 is 0 Å². The number of nitrogens with one attached hydrogen (secondary N) is 1. The van der Waals surface area contributed by atoms with Crippen molar-refractivity contribution < 1.29 is 4.74 Å². The maximum Gasteiger partial charge on any atom is 0.134 e. The van der Waals surface area contributed by atoms with Crippen molar-refractivity contribution in [1.82, 2.24) is 15.1 Å². The van der Waals surface area contributed by atoms with Gasteiger partial charge in [0.25, 0.3) is 0 Å². The summed E-state index contributed by atoms with van der Waals surface area (Å²) in [5, 5.41) is 7.73. The van der Waals surface area contributed by atoms with Gasteiger partial charge in [0, 0.05) is 19.8 Å². The van der Waals surface area contributed by atoms with Crippen molar-refractivity contribution in [3.8, 4) is 5.75 Å². The molecule has 0 bridgehead atoms. The molecule has 0 atom stereocenters. The Morgan fingerprint density at radius 3 is 2.76 bits per heavy atom. The van der Waals surface area contributed by atoms with Crippen LogP contribution in [0.5, 0.6) is 5.75 Å². The Hall–Kier alpha value is -1.33. The van der Waals surface area contributed by atoms with Gasteiger partial charge in [-0.25, -0.2) is 0 Å². The molecule has 0 radical (unpaired) electrons. The van der Waals surface area contributed by atoms with Crippen molar-refractivity contribution in [2.24, 2.45) is 13.0 Å². The minimum Gasteiger partial charge on any atom is -0.486 e. The molecule has 0 saturated carbocycles. The standard InChI is InChI=1S/C16H22BrN3O/c1-12(2)9-18-10-13-4-5-16(15(17)8-13)21-11-14-6-7-20(3)19-14/h4-8,12,18H,9-11H2,1-3H3. The fraction of sp³-hybridized carbons (Fsp3) is 0.438. The van der Waals surface area contributed by atoms with Crippen LogP contribution in [0.1, 0.15) is 25.1 Å². The van der Waals surface area contributed by atoms with E-state index in [4.69, 9.17) is 4.74 Å². The number of rotatable bonds is 7. The zero-order chi connectivity index (χ0) is 15.2. The van der Waals surface area contributed by atoms with Gasteiger partial charge in [-0.05, 0) is 52.2 Å². The summed E-state index contributed by atoms with van der Waals surface area (Å²) < 4.78 is 8.54. The molecular weight excluding hydrogens is 330 g/mol. The van der Waals surface area contributed by atoms with Crippen molar-refractivity contribution in [2.75, 3.05) is 6.54 Å². The number of ether oxygens (including phenoxy) is 1. The highest BCUT2D eigenvalue weighted by Gasteiger charge is 2.05. The number of aryl methyl sites for hydroxylation is 1. The van der Waals surface area contributed by atoms with E-state index in [0.29, 0.717) is 12.5 Å². The molecule has 1 heterocycles. The normalized spacial score (nSPS) is 11.1. The predicted octanol–water partition coefficient (Wildman–Crippen LogP) is 3.51. The highest BCUT2D eigenvalue weighted by molar-refractivity contribution is 9.10. The van der Waals surface area contributed by atoms with Gasteiger partial charge in [0.15, 0.2) is 0 Å². The van der Waals surface area contributed by atoms with Crippen molar-refractivity contribution in [2.45, 2.75) is 27.0 Å². The molecule has 0 aliphatic rings. The lowest BCUT2D eigenvalue weighted by Gasteiger charge is -2.10. The van der Waals surface area contributed by atoms with Gasteiger partial charge < -0.3 is 10.1 Å². The van der Waals surface area contributed by atoms with E-state index in [1.807, 2.05) is 25.4 Å². The topological polar surface area (TPSA) is 39.1 Å². The van der Waals surface area contributed by atoms with Crippen LogP contribution in [0, 0.1) is 5.92 Å². The SMILES string of the molecule is CC(C)CNCc1ccc(OCc2ccn(C)n2)c(Br)c1. The summed E-state index contributed by atoms with van der Waals surface area (Å²) in [4.78, 5) is 0. The van der Waals surface area contributed by atoms with Crippen LogP contribution in [-0.4, -0.2) is 16.3 Å². The molecular formula is C16H22BrN3O. The number of nitrogens with zero attached hydrogens (tertiary/aromatic N) is 2. The molecule has 0 saturated heterocycles. The third-order valence-electron chi connectivity index (χ3n) is 3.02. The van der Waals surface area contributed by atoms with E-state index in [2.05, 4.69) is 52.3 Å². The first-order valence-corrected chi connectivity index (χ1v) is 7.94. The first kappa shape index (κ1) is 16.0. The molecule has 4 nitrogen and oxygen atoms in total. The van der Waals surface area contributed by atoms with E-state index >= 15 is 0 Å². The quantitative estimate of drug-likeness (QED) is 0.829. The highest BCUT2D eigenvalue weighted by Crippen LogP contribution is 2.26. The van der Waals surface area contributed by atoms with E-state index in [1.54, 1.807) is 4.68 Å². The molecule has 1 aromatic heterocycles. The molecule has 0 aliphatic heterocycles. The van der Waals surface area contributed by atoms with Gasteiger partial charge in [-0.3, -0.25) is 4.68 Å². The Morgan fingerprint density at radius 1 is 1.33 bits per heavy atom. The minimum atomic E-state index is 0.477. The van der Waals surface area contributed by atoms with Crippen LogP contribution in [0.25, 0.3) is 0 Å². The smallest absolute Gasteiger partial charge is 0.134 e. The van der Waals surface area contributed by atoms with Crippen molar-refractivity contribution in [1.29, 1.82) is 0 Å². The highest BCUT2D eigenvalue weighted by atomic mass is 79.9. The van der Waals surface area contributed by atoms with Crippen LogP contribution in [0.15, 0.2) is 34.9 Å². The molecule has 2 aromatic rings. The van der Waals surface area contributed by atoms with Gasteiger partial charge in [0.2, 0.25) is 0 Å². The lowest BCUT2D eigenvalue weighted by molar-refractivity contribution is 0.298. The zero-order valence-corrected chi connectivity index (χ0v) is 14.4. The van der Waals surface area contributed by atoms with Crippen LogP contribution in [0.3, 0.4) is 0 Å². The number of hydrogen-bond acceptors (Lipinski definition) is 3. The first-order chi connectivity index (χ1) is 10.0. The molecule has 0 amide bonds. The maximum atomic E-state index is 5.79. The molecule has 114 valence electrons. The van der Waals surface area contributed by atoms with E-state index in [-0.39, 0.29) is 0 Å². The third kappa shape index (κ3) is 5.17. The summed E-state index contributed by atoms with van der Waals surface area (Å²) in [6.07, 6.45) is 1.91. The van der Waals surface area contributed by atoms with Gasteiger partial charge in [0.1, 0.15) is 12.4 Å². The Morgan fingerprint density at radius 2 is 2.14 bits per heavy atom. The second kappa shape index (κ2) is 7.61. The van der Waals surface area contributed by atoms with E-state index < -0.39 is 0 Å². The van der Waals surface area contributed by atoms with Crippen molar-refractivity contribution >= 4 is 15.9 Å². The van der Waals surface area contributed by atoms with Crippen LogP contribution in [-0.2, 0) is 20.2 Å². The minimum absolute atomic E-state index is 0.477. The molecule has 0 fully saturated rings. The summed E-state index contributed by atoms with van der Waals surface area (Å²) in [6, 6.07) is 8.14. The summed E-state index contributed by atoms with van der Waals surface area (Å²) in [7, 11) is 1.90. The van der Waals surface area contributed by atoms with E-state index in [9.17, 15) is 0 Å². The van der Waals surface area contributed by atoms with Crippen molar-refractivity contribution in [3.05, 3.63) is 46.2 Å². The molecule has 21 heavy (non-hydrogen) atoms. The average molecular weight is 352 g/mol. The summed E-state index contributed by atoms with van der Waals surface area (Å²) in [6.45, 7) is 6.78. The van der Waals surface area contributed by atoms with Crippen molar-refractivity contribution in [3.63, 3.8) is 0 Å². The van der Waals surface area contributed by atoms with Gasteiger partial charge in [-0.1, -0.05) is 19.9 Å². The van der Waals surface area contributed by atoms with Gasteiger partial charge in [-0.2, -0.15) is 5.10 Å². The summed E-state index contributed by atoms with van der Waals surface area (Å²) in [5.74, 6) is 1.50. The lowest BCUT2D eigenvalue weighted by Crippen LogP contribution is -2.18. The molecule has 0 unspecified atom stereocenters. The Kier molecular flexibility index (Phi) is 5.82. The summed E-state index contributed by atoms with van der Waals surface area (Å²) >= 11 is 3.57. The first-order valence-electron chi connectivity index (χ1n) is 7.15. The lowest BCUT2D eigenvalue weighted by atomic mass is 10.2. The van der Waals surface area contributed by atoms with E-state index in [0.717, 1.165) is 29.0 Å².